The van der Waals surface area contributed by atoms with Gasteiger partial charge in [0.05, 0.1) is 18.3 Å². The second-order valence-electron chi connectivity index (χ2n) is 3.13. The molecule has 0 saturated carbocycles. The van der Waals surface area contributed by atoms with E-state index in [0.717, 1.165) is 5.56 Å². The van der Waals surface area contributed by atoms with E-state index in [-0.39, 0.29) is 12.1 Å². The highest BCUT2D eigenvalue weighted by Crippen LogP contribution is 2.14. The zero-order valence-electron chi connectivity index (χ0n) is 8.40. The molecule has 0 spiro atoms. The lowest BCUT2D eigenvalue weighted by atomic mass is 10.1. The molecule has 2 unspecified atom stereocenters. The molecule has 4 heteroatoms. The number of rotatable bonds is 4. The fourth-order valence-electron chi connectivity index (χ4n) is 1.25. The lowest BCUT2D eigenvalue weighted by Crippen LogP contribution is -2.25. The van der Waals surface area contributed by atoms with Gasteiger partial charge in [-0.3, -0.25) is 4.68 Å². The van der Waals surface area contributed by atoms with Crippen molar-refractivity contribution < 1.29 is 4.74 Å². The third-order valence-corrected chi connectivity index (χ3v) is 2.05. The monoisotopic (exact) mass is 183 g/mol. The molecule has 0 aromatic carbocycles. The summed E-state index contributed by atoms with van der Waals surface area (Å²) < 4.78 is 7.15. The van der Waals surface area contributed by atoms with Crippen LogP contribution in [0.25, 0.3) is 0 Å². The van der Waals surface area contributed by atoms with E-state index in [1.165, 1.54) is 0 Å². The van der Waals surface area contributed by atoms with Crippen LogP contribution in [0.15, 0.2) is 12.4 Å². The normalized spacial score (nSPS) is 15.7. The smallest absolute Gasteiger partial charge is 0.0740 e. The minimum Gasteiger partial charge on any atom is -0.377 e. The Morgan fingerprint density at radius 1 is 1.69 bits per heavy atom. The van der Waals surface area contributed by atoms with Crippen LogP contribution in [0.2, 0.25) is 0 Å². The van der Waals surface area contributed by atoms with E-state index < -0.39 is 0 Å². The van der Waals surface area contributed by atoms with Crippen molar-refractivity contribution >= 4 is 0 Å². The molecule has 74 valence electrons. The molecular weight excluding hydrogens is 166 g/mol. The van der Waals surface area contributed by atoms with Gasteiger partial charge >= 0.3 is 0 Å². The van der Waals surface area contributed by atoms with Crippen molar-refractivity contribution in [3.8, 4) is 0 Å². The van der Waals surface area contributed by atoms with Crippen LogP contribution in [0.4, 0.5) is 0 Å². The molecule has 0 bridgehead atoms. The SMILES string of the molecule is CCOC(C)C(N)c1cnn(C)c1. The average Bonchev–Trinajstić information content (AvgIpc) is 2.51. The summed E-state index contributed by atoms with van der Waals surface area (Å²) in [5.41, 5.74) is 6.98. The summed E-state index contributed by atoms with van der Waals surface area (Å²) in [6, 6.07) is -0.0892. The standard InChI is InChI=1S/C9H17N3O/c1-4-13-7(2)9(10)8-5-11-12(3)6-8/h5-7,9H,4,10H2,1-3H3. The molecule has 0 aliphatic rings. The van der Waals surface area contributed by atoms with Gasteiger partial charge in [-0.05, 0) is 13.8 Å². The van der Waals surface area contributed by atoms with Gasteiger partial charge < -0.3 is 10.5 Å². The number of aromatic nitrogens is 2. The Morgan fingerprint density at radius 2 is 2.38 bits per heavy atom. The lowest BCUT2D eigenvalue weighted by molar-refractivity contribution is 0.0574. The van der Waals surface area contributed by atoms with Gasteiger partial charge in [0, 0.05) is 25.4 Å². The van der Waals surface area contributed by atoms with Gasteiger partial charge in [0.1, 0.15) is 0 Å². The van der Waals surface area contributed by atoms with Crippen molar-refractivity contribution in [3.05, 3.63) is 18.0 Å². The highest BCUT2D eigenvalue weighted by molar-refractivity contribution is 5.10. The van der Waals surface area contributed by atoms with Gasteiger partial charge in [0.15, 0.2) is 0 Å². The van der Waals surface area contributed by atoms with Crippen molar-refractivity contribution in [1.82, 2.24) is 9.78 Å². The van der Waals surface area contributed by atoms with E-state index in [4.69, 9.17) is 10.5 Å². The first kappa shape index (κ1) is 10.2. The van der Waals surface area contributed by atoms with E-state index in [0.29, 0.717) is 6.61 Å². The largest absolute Gasteiger partial charge is 0.377 e. The van der Waals surface area contributed by atoms with Crippen LogP contribution in [-0.4, -0.2) is 22.5 Å². The van der Waals surface area contributed by atoms with E-state index in [9.17, 15) is 0 Å². The predicted molar refractivity (Wildman–Crippen MR) is 51.2 cm³/mol. The molecule has 1 heterocycles. The molecule has 0 aliphatic heterocycles. The maximum Gasteiger partial charge on any atom is 0.0740 e. The van der Waals surface area contributed by atoms with Crippen LogP contribution in [0.1, 0.15) is 25.5 Å². The molecule has 4 nitrogen and oxygen atoms in total. The fraction of sp³-hybridized carbons (Fsp3) is 0.667. The zero-order chi connectivity index (χ0) is 9.84. The number of nitrogens with zero attached hydrogens (tertiary/aromatic N) is 2. The molecule has 0 amide bonds. The Balaban J connectivity index is 2.61. The van der Waals surface area contributed by atoms with E-state index in [1.54, 1.807) is 10.9 Å². The van der Waals surface area contributed by atoms with Crippen LogP contribution in [0, 0.1) is 0 Å². The maximum absolute atomic E-state index is 5.96. The molecule has 1 aromatic heterocycles. The number of hydrogen-bond donors (Lipinski definition) is 1. The maximum atomic E-state index is 5.96. The van der Waals surface area contributed by atoms with Crippen molar-refractivity contribution in [2.45, 2.75) is 26.0 Å². The van der Waals surface area contributed by atoms with Crippen LogP contribution in [0.3, 0.4) is 0 Å². The van der Waals surface area contributed by atoms with Gasteiger partial charge in [-0.15, -0.1) is 0 Å². The Hall–Kier alpha value is -0.870. The summed E-state index contributed by atoms with van der Waals surface area (Å²) in [6.07, 6.45) is 3.73. The summed E-state index contributed by atoms with van der Waals surface area (Å²) in [5.74, 6) is 0. The van der Waals surface area contributed by atoms with Crippen LogP contribution < -0.4 is 5.73 Å². The molecule has 0 aliphatic carbocycles. The van der Waals surface area contributed by atoms with E-state index in [1.807, 2.05) is 27.1 Å². The minimum absolute atomic E-state index is 0.0363. The fourth-order valence-corrected chi connectivity index (χ4v) is 1.25. The summed E-state index contributed by atoms with van der Waals surface area (Å²) >= 11 is 0. The van der Waals surface area contributed by atoms with Crippen LogP contribution in [-0.2, 0) is 11.8 Å². The van der Waals surface area contributed by atoms with Crippen molar-refractivity contribution in [1.29, 1.82) is 0 Å². The second kappa shape index (κ2) is 4.39. The lowest BCUT2D eigenvalue weighted by Gasteiger charge is -2.18. The van der Waals surface area contributed by atoms with Crippen LogP contribution >= 0.6 is 0 Å². The number of aryl methyl sites for hydroxylation is 1. The summed E-state index contributed by atoms with van der Waals surface area (Å²) in [4.78, 5) is 0. The summed E-state index contributed by atoms with van der Waals surface area (Å²) in [7, 11) is 1.88. The first-order chi connectivity index (χ1) is 6.15. The van der Waals surface area contributed by atoms with Crippen molar-refractivity contribution in [2.24, 2.45) is 12.8 Å². The van der Waals surface area contributed by atoms with Crippen LogP contribution in [0.5, 0.6) is 0 Å². The second-order valence-corrected chi connectivity index (χ2v) is 3.13. The number of hydrogen-bond acceptors (Lipinski definition) is 3. The first-order valence-corrected chi connectivity index (χ1v) is 4.51. The molecule has 0 saturated heterocycles. The topological polar surface area (TPSA) is 53.1 Å². The number of nitrogens with two attached hydrogens (primary N) is 1. The quantitative estimate of drug-likeness (QED) is 0.752. The molecule has 2 atom stereocenters. The minimum atomic E-state index is -0.0892. The molecular formula is C9H17N3O. The van der Waals surface area contributed by atoms with E-state index >= 15 is 0 Å². The zero-order valence-corrected chi connectivity index (χ0v) is 8.40. The van der Waals surface area contributed by atoms with Crippen molar-refractivity contribution in [2.75, 3.05) is 6.61 Å². The van der Waals surface area contributed by atoms with Gasteiger partial charge in [0.25, 0.3) is 0 Å². The first-order valence-electron chi connectivity index (χ1n) is 4.51. The van der Waals surface area contributed by atoms with Gasteiger partial charge in [0.2, 0.25) is 0 Å². The Bertz CT molecular complexity index is 259. The van der Waals surface area contributed by atoms with Gasteiger partial charge in [-0.1, -0.05) is 0 Å². The Labute approximate surface area is 78.7 Å². The molecule has 1 aromatic rings. The Morgan fingerprint density at radius 3 is 2.85 bits per heavy atom. The highest BCUT2D eigenvalue weighted by atomic mass is 16.5. The average molecular weight is 183 g/mol. The molecule has 2 N–H and O–H groups in total. The summed E-state index contributed by atoms with van der Waals surface area (Å²) in [6.45, 7) is 4.63. The molecule has 0 fully saturated rings. The number of ether oxygens (including phenoxy) is 1. The highest BCUT2D eigenvalue weighted by Gasteiger charge is 2.15. The predicted octanol–water partition coefficient (Wildman–Crippen LogP) is 0.845. The van der Waals surface area contributed by atoms with Gasteiger partial charge in [-0.25, -0.2) is 0 Å². The van der Waals surface area contributed by atoms with E-state index in [2.05, 4.69) is 5.10 Å². The molecule has 1 rings (SSSR count). The van der Waals surface area contributed by atoms with Crippen molar-refractivity contribution in [3.63, 3.8) is 0 Å². The Kier molecular flexibility index (Phi) is 3.45. The molecule has 13 heavy (non-hydrogen) atoms. The summed E-state index contributed by atoms with van der Waals surface area (Å²) in [5, 5.41) is 4.06. The third-order valence-electron chi connectivity index (χ3n) is 2.05. The third kappa shape index (κ3) is 2.54. The molecule has 0 radical (unpaired) electrons. The van der Waals surface area contributed by atoms with Gasteiger partial charge in [-0.2, -0.15) is 5.10 Å².